The van der Waals surface area contributed by atoms with E-state index in [-0.39, 0.29) is 11.1 Å². The Morgan fingerprint density at radius 1 is 0.594 bits per heavy atom. The predicted molar refractivity (Wildman–Crippen MR) is 128 cm³/mol. The lowest BCUT2D eigenvalue weighted by atomic mass is 9.88. The van der Waals surface area contributed by atoms with Crippen LogP contribution in [0.15, 0.2) is 12.1 Å². The zero-order valence-corrected chi connectivity index (χ0v) is 20.8. The van der Waals surface area contributed by atoms with Crippen molar-refractivity contribution >= 4 is 11.9 Å². The molecule has 0 N–H and O–H groups in total. The second-order valence-corrected chi connectivity index (χ2v) is 10.1. The zero-order valence-electron chi connectivity index (χ0n) is 20.8. The van der Waals surface area contributed by atoms with Gasteiger partial charge in [0.15, 0.2) is 0 Å². The van der Waals surface area contributed by atoms with Crippen molar-refractivity contribution in [3.05, 3.63) is 34.4 Å². The first-order valence-corrected chi connectivity index (χ1v) is 12.8. The molecular weight excluding hydrogens is 400 g/mol. The Labute approximate surface area is 195 Å². The van der Waals surface area contributed by atoms with E-state index in [1.54, 1.807) is 0 Å². The molecule has 4 nitrogen and oxygen atoms in total. The number of hydrogen-bond acceptors (Lipinski definition) is 4. The fourth-order valence-corrected chi connectivity index (χ4v) is 4.42. The number of carboxylic acids is 2. The van der Waals surface area contributed by atoms with Gasteiger partial charge in [-0.05, 0) is 48.6 Å². The third-order valence-corrected chi connectivity index (χ3v) is 6.29. The van der Waals surface area contributed by atoms with E-state index in [9.17, 15) is 19.8 Å². The molecule has 0 unspecified atom stereocenters. The fourth-order valence-electron chi connectivity index (χ4n) is 4.42. The molecule has 0 atom stereocenters. The summed E-state index contributed by atoms with van der Waals surface area (Å²) in [4.78, 5) is 23.4. The summed E-state index contributed by atoms with van der Waals surface area (Å²) in [6.07, 6.45) is 14.5. The third-order valence-electron chi connectivity index (χ3n) is 6.29. The summed E-state index contributed by atoms with van der Waals surface area (Å²) in [6, 6.07) is 2.77. The van der Waals surface area contributed by atoms with E-state index in [1.165, 1.54) is 50.7 Å². The molecule has 4 heteroatoms. The molecule has 0 aliphatic heterocycles. The Morgan fingerprint density at radius 2 is 0.906 bits per heavy atom. The van der Waals surface area contributed by atoms with E-state index in [2.05, 4.69) is 27.7 Å². The molecule has 0 aliphatic rings. The van der Waals surface area contributed by atoms with Crippen LogP contribution < -0.4 is 10.2 Å². The van der Waals surface area contributed by atoms with Crippen LogP contribution in [0.5, 0.6) is 0 Å². The van der Waals surface area contributed by atoms with Crippen LogP contribution in [0.25, 0.3) is 0 Å². The second-order valence-electron chi connectivity index (χ2n) is 10.1. The van der Waals surface area contributed by atoms with Crippen LogP contribution in [-0.4, -0.2) is 11.9 Å². The highest BCUT2D eigenvalue weighted by atomic mass is 16.4. The topological polar surface area (TPSA) is 80.3 Å². The first-order chi connectivity index (χ1) is 15.2. The summed E-state index contributed by atoms with van der Waals surface area (Å²) in [5.74, 6) is -0.995. The first kappa shape index (κ1) is 28.2. The maximum absolute atomic E-state index is 11.7. The predicted octanol–water partition coefficient (Wildman–Crippen LogP) is 5.49. The molecule has 1 rings (SSSR count). The van der Waals surface area contributed by atoms with Gasteiger partial charge in [0.2, 0.25) is 0 Å². The minimum atomic E-state index is -1.23. The van der Waals surface area contributed by atoms with Gasteiger partial charge in [-0.15, -0.1) is 0 Å². The molecule has 0 saturated heterocycles. The summed E-state index contributed by atoms with van der Waals surface area (Å²) in [6.45, 7) is 8.94. The molecule has 0 heterocycles. The highest BCUT2D eigenvalue weighted by Gasteiger charge is 2.15. The summed E-state index contributed by atoms with van der Waals surface area (Å²) < 4.78 is 0. The van der Waals surface area contributed by atoms with Crippen LogP contribution in [0.3, 0.4) is 0 Å². The van der Waals surface area contributed by atoms with E-state index < -0.39 is 11.9 Å². The zero-order chi connectivity index (χ0) is 23.9. The quantitative estimate of drug-likeness (QED) is 0.280. The van der Waals surface area contributed by atoms with Crippen LogP contribution >= 0.6 is 0 Å². The van der Waals surface area contributed by atoms with Crippen LogP contribution in [-0.2, 0) is 12.8 Å². The third kappa shape index (κ3) is 11.2. The number of aromatic carboxylic acids is 2. The molecule has 0 bridgehead atoms. The van der Waals surface area contributed by atoms with Crippen molar-refractivity contribution in [3.8, 4) is 0 Å². The van der Waals surface area contributed by atoms with Crippen LogP contribution in [0.4, 0.5) is 0 Å². The van der Waals surface area contributed by atoms with Crippen molar-refractivity contribution in [3.63, 3.8) is 0 Å². The smallest absolute Gasteiger partial charge is 0.0718 e. The van der Waals surface area contributed by atoms with Crippen molar-refractivity contribution in [2.45, 2.75) is 118 Å². The number of carbonyl (C=O) groups is 2. The molecule has 0 spiro atoms. The largest absolute Gasteiger partial charge is 0.545 e. The van der Waals surface area contributed by atoms with Crippen molar-refractivity contribution in [1.29, 1.82) is 0 Å². The van der Waals surface area contributed by atoms with Gasteiger partial charge in [-0.1, -0.05) is 104 Å². The Hall–Kier alpha value is -1.84. The molecule has 0 fully saturated rings. The van der Waals surface area contributed by atoms with E-state index >= 15 is 0 Å². The average molecular weight is 445 g/mol. The van der Waals surface area contributed by atoms with Gasteiger partial charge in [0.05, 0.1) is 11.9 Å². The molecular formula is C28H44O4-2. The summed E-state index contributed by atoms with van der Waals surface area (Å²) >= 11 is 0. The molecule has 1 aromatic carbocycles. The van der Waals surface area contributed by atoms with Gasteiger partial charge >= 0.3 is 0 Å². The lowest BCUT2D eigenvalue weighted by molar-refractivity contribution is -0.256. The highest BCUT2D eigenvalue weighted by Crippen LogP contribution is 2.25. The Balaban J connectivity index is 2.74. The summed E-state index contributed by atoms with van der Waals surface area (Å²) in [5, 5.41) is 23.4. The normalized spacial score (nSPS) is 11.4. The molecule has 1 aromatic rings. The number of carbonyl (C=O) groups excluding carboxylic acids is 2. The molecule has 0 aromatic heterocycles. The Morgan fingerprint density at radius 3 is 1.22 bits per heavy atom. The van der Waals surface area contributed by atoms with Crippen LogP contribution in [0.1, 0.15) is 137 Å². The number of rotatable bonds is 18. The SMILES string of the molecule is CC(C)CCCCCCCc1c(C(=O)[O-])ccc(C(=O)[O-])c1CCCCCCCC(C)C. The van der Waals surface area contributed by atoms with Gasteiger partial charge in [0.25, 0.3) is 0 Å². The van der Waals surface area contributed by atoms with Gasteiger partial charge < -0.3 is 19.8 Å². The van der Waals surface area contributed by atoms with E-state index in [0.717, 1.165) is 50.4 Å². The molecule has 182 valence electrons. The maximum Gasteiger partial charge on any atom is 0.0718 e. The van der Waals surface area contributed by atoms with E-state index in [0.29, 0.717) is 24.0 Å². The summed E-state index contributed by atoms with van der Waals surface area (Å²) in [7, 11) is 0. The second kappa shape index (κ2) is 15.9. The van der Waals surface area contributed by atoms with Crippen molar-refractivity contribution in [2.24, 2.45) is 11.8 Å². The van der Waals surface area contributed by atoms with Crippen molar-refractivity contribution in [1.82, 2.24) is 0 Å². The lowest BCUT2D eigenvalue weighted by Crippen LogP contribution is -2.28. The first-order valence-electron chi connectivity index (χ1n) is 12.8. The fraction of sp³-hybridized carbons (Fsp3) is 0.714. The molecule has 32 heavy (non-hydrogen) atoms. The molecule has 0 radical (unpaired) electrons. The van der Waals surface area contributed by atoms with Gasteiger partial charge in [-0.25, -0.2) is 0 Å². The number of benzene rings is 1. The van der Waals surface area contributed by atoms with Crippen LogP contribution in [0.2, 0.25) is 0 Å². The lowest BCUT2D eigenvalue weighted by Gasteiger charge is -2.20. The molecule has 0 aliphatic carbocycles. The minimum absolute atomic E-state index is 0.141. The van der Waals surface area contributed by atoms with Crippen molar-refractivity contribution < 1.29 is 19.8 Å². The monoisotopic (exact) mass is 444 g/mol. The van der Waals surface area contributed by atoms with Gasteiger partial charge in [-0.2, -0.15) is 0 Å². The van der Waals surface area contributed by atoms with Gasteiger partial charge in [-0.3, -0.25) is 0 Å². The Kier molecular flexibility index (Phi) is 14.0. The van der Waals surface area contributed by atoms with Gasteiger partial charge in [0, 0.05) is 11.1 Å². The van der Waals surface area contributed by atoms with Crippen molar-refractivity contribution in [2.75, 3.05) is 0 Å². The number of hydrogen-bond donors (Lipinski definition) is 0. The molecule has 0 amide bonds. The molecule has 0 saturated carbocycles. The standard InChI is InChI=1S/C28H46O4/c1-21(2)15-11-7-5-9-13-17-23-24(18-14-10-6-8-12-16-22(3)4)26(28(31)32)20-19-25(23)27(29)30/h19-22H,5-18H2,1-4H3,(H,29,30)(H,31,32)/p-2. The number of carboxylic acid groups (broad SMARTS) is 2. The highest BCUT2D eigenvalue weighted by molar-refractivity contribution is 5.93. The van der Waals surface area contributed by atoms with E-state index in [4.69, 9.17) is 0 Å². The number of unbranched alkanes of at least 4 members (excludes halogenated alkanes) is 8. The Bertz CT molecular complexity index is 632. The van der Waals surface area contributed by atoms with Crippen LogP contribution in [0, 0.1) is 11.8 Å². The maximum atomic E-state index is 11.7. The van der Waals surface area contributed by atoms with Gasteiger partial charge in [0.1, 0.15) is 0 Å². The minimum Gasteiger partial charge on any atom is -0.545 e. The summed E-state index contributed by atoms with van der Waals surface area (Å²) in [5.41, 5.74) is 1.57. The average Bonchev–Trinajstić information content (AvgIpc) is 2.71. The van der Waals surface area contributed by atoms with E-state index in [1.807, 2.05) is 0 Å².